The lowest BCUT2D eigenvalue weighted by Crippen LogP contribution is -2.06. The summed E-state index contributed by atoms with van der Waals surface area (Å²) in [6.07, 6.45) is 0.807. The van der Waals surface area contributed by atoms with Gasteiger partial charge in [-0.25, -0.2) is 4.39 Å². The van der Waals surface area contributed by atoms with Gasteiger partial charge in [0.15, 0.2) is 11.6 Å². The summed E-state index contributed by atoms with van der Waals surface area (Å²) in [5.41, 5.74) is 3.13. The van der Waals surface area contributed by atoms with Crippen molar-refractivity contribution in [1.29, 1.82) is 0 Å². The van der Waals surface area contributed by atoms with E-state index in [0.717, 1.165) is 28.3 Å². The Bertz CT molecular complexity index is 630. The third kappa shape index (κ3) is 2.26. The van der Waals surface area contributed by atoms with Gasteiger partial charge in [-0.15, -0.1) is 0 Å². The van der Waals surface area contributed by atoms with E-state index in [9.17, 15) is 4.39 Å². The predicted molar refractivity (Wildman–Crippen MR) is 74.5 cm³/mol. The molecule has 2 aromatic rings. The summed E-state index contributed by atoms with van der Waals surface area (Å²) in [5.74, 6) is -0.0712. The van der Waals surface area contributed by atoms with Crippen LogP contribution in [0, 0.1) is 5.82 Å². The number of anilines is 1. The maximum atomic E-state index is 13.7. The molecule has 0 spiro atoms. The van der Waals surface area contributed by atoms with E-state index in [-0.39, 0.29) is 17.6 Å². The van der Waals surface area contributed by atoms with Gasteiger partial charge in [0, 0.05) is 10.7 Å². The molecule has 98 valence electrons. The second-order valence-corrected chi connectivity index (χ2v) is 5.03. The molecule has 0 amide bonds. The van der Waals surface area contributed by atoms with Gasteiger partial charge in [0.2, 0.25) is 0 Å². The standard InChI is InChI=1S/C15H13ClFNO/c1-19-15-5-2-9(7-12(15)17)14-8-10-6-11(16)3-4-13(10)18-14/h2-7,14,18H,8H2,1H3. The quantitative estimate of drug-likeness (QED) is 0.888. The second kappa shape index (κ2) is 4.74. The smallest absolute Gasteiger partial charge is 0.165 e. The fourth-order valence-corrected chi connectivity index (χ4v) is 2.63. The van der Waals surface area contributed by atoms with Crippen molar-refractivity contribution in [2.75, 3.05) is 12.4 Å². The summed E-state index contributed by atoms with van der Waals surface area (Å²) in [6, 6.07) is 10.9. The number of rotatable bonds is 2. The lowest BCUT2D eigenvalue weighted by molar-refractivity contribution is 0.386. The lowest BCUT2D eigenvalue weighted by Gasteiger charge is -2.12. The number of ether oxygens (including phenoxy) is 1. The first kappa shape index (κ1) is 12.3. The molecular weight excluding hydrogens is 265 g/mol. The molecule has 0 bridgehead atoms. The third-order valence-electron chi connectivity index (χ3n) is 3.40. The molecule has 1 aliphatic rings. The number of halogens is 2. The molecule has 4 heteroatoms. The lowest BCUT2D eigenvalue weighted by atomic mass is 10.0. The van der Waals surface area contributed by atoms with Crippen LogP contribution in [0.3, 0.4) is 0 Å². The van der Waals surface area contributed by atoms with Gasteiger partial charge in [0.1, 0.15) is 0 Å². The molecule has 1 aliphatic heterocycles. The summed E-state index contributed by atoms with van der Waals surface area (Å²) < 4.78 is 18.7. The number of hydrogen-bond donors (Lipinski definition) is 1. The Morgan fingerprint density at radius 3 is 2.84 bits per heavy atom. The fourth-order valence-electron chi connectivity index (χ4n) is 2.43. The van der Waals surface area contributed by atoms with Crippen molar-refractivity contribution in [2.45, 2.75) is 12.5 Å². The summed E-state index contributed by atoms with van der Waals surface area (Å²) in [7, 11) is 1.46. The molecule has 1 atom stereocenters. The molecule has 2 aromatic carbocycles. The van der Waals surface area contributed by atoms with Crippen LogP contribution in [0.2, 0.25) is 5.02 Å². The third-order valence-corrected chi connectivity index (χ3v) is 3.63. The van der Waals surface area contributed by atoms with Crippen LogP contribution in [0.1, 0.15) is 17.2 Å². The van der Waals surface area contributed by atoms with E-state index in [0.29, 0.717) is 0 Å². The van der Waals surface area contributed by atoms with E-state index in [1.165, 1.54) is 13.2 Å². The Balaban J connectivity index is 1.88. The molecule has 2 nitrogen and oxygen atoms in total. The molecule has 0 aromatic heterocycles. The molecule has 3 rings (SSSR count). The van der Waals surface area contributed by atoms with Crippen LogP contribution in [0.15, 0.2) is 36.4 Å². The molecule has 1 unspecified atom stereocenters. The summed E-state index contributed by atoms with van der Waals surface area (Å²) in [5, 5.41) is 4.10. The molecule has 0 fully saturated rings. The van der Waals surface area contributed by atoms with Crippen molar-refractivity contribution in [3.05, 3.63) is 58.4 Å². The van der Waals surface area contributed by atoms with E-state index in [4.69, 9.17) is 16.3 Å². The minimum Gasteiger partial charge on any atom is -0.494 e. The average molecular weight is 278 g/mol. The zero-order valence-electron chi connectivity index (χ0n) is 10.4. The molecule has 1 N–H and O–H groups in total. The van der Waals surface area contributed by atoms with Crippen LogP contribution in [-0.4, -0.2) is 7.11 Å². The second-order valence-electron chi connectivity index (χ2n) is 4.60. The first-order valence-corrected chi connectivity index (χ1v) is 6.43. The highest BCUT2D eigenvalue weighted by Gasteiger charge is 2.22. The highest BCUT2D eigenvalue weighted by atomic mass is 35.5. The normalized spacial score (nSPS) is 16.9. The maximum Gasteiger partial charge on any atom is 0.165 e. The van der Waals surface area contributed by atoms with Crippen molar-refractivity contribution in [1.82, 2.24) is 0 Å². The van der Waals surface area contributed by atoms with Gasteiger partial charge in [-0.1, -0.05) is 17.7 Å². The van der Waals surface area contributed by atoms with E-state index in [1.54, 1.807) is 6.07 Å². The van der Waals surface area contributed by atoms with E-state index in [2.05, 4.69) is 5.32 Å². The summed E-state index contributed by atoms with van der Waals surface area (Å²) >= 11 is 5.98. The van der Waals surface area contributed by atoms with Crippen molar-refractivity contribution in [3.63, 3.8) is 0 Å². The number of benzene rings is 2. The van der Waals surface area contributed by atoms with Crippen LogP contribution < -0.4 is 10.1 Å². The number of methoxy groups -OCH3 is 1. The van der Waals surface area contributed by atoms with Gasteiger partial charge in [-0.2, -0.15) is 0 Å². The Labute approximate surface area is 116 Å². The Morgan fingerprint density at radius 1 is 1.26 bits per heavy atom. The molecule has 0 saturated heterocycles. The first-order valence-electron chi connectivity index (χ1n) is 6.06. The minimum absolute atomic E-state index is 0.0777. The van der Waals surface area contributed by atoms with Gasteiger partial charge < -0.3 is 10.1 Å². The molecule has 0 aliphatic carbocycles. The largest absolute Gasteiger partial charge is 0.494 e. The summed E-state index contributed by atoms with van der Waals surface area (Å²) in [6.45, 7) is 0. The Morgan fingerprint density at radius 2 is 2.11 bits per heavy atom. The van der Waals surface area contributed by atoms with E-state index in [1.807, 2.05) is 24.3 Å². The van der Waals surface area contributed by atoms with Crippen LogP contribution in [-0.2, 0) is 6.42 Å². The molecule has 1 heterocycles. The van der Waals surface area contributed by atoms with Crippen molar-refractivity contribution in [2.24, 2.45) is 0 Å². The number of fused-ring (bicyclic) bond motifs is 1. The Kier molecular flexibility index (Phi) is 3.07. The van der Waals surface area contributed by atoms with Crippen molar-refractivity contribution >= 4 is 17.3 Å². The van der Waals surface area contributed by atoms with Crippen LogP contribution >= 0.6 is 11.6 Å². The van der Waals surface area contributed by atoms with Gasteiger partial charge in [0.05, 0.1) is 13.2 Å². The Hall–Kier alpha value is -1.74. The monoisotopic (exact) mass is 277 g/mol. The number of hydrogen-bond acceptors (Lipinski definition) is 2. The topological polar surface area (TPSA) is 21.3 Å². The van der Waals surface area contributed by atoms with E-state index < -0.39 is 0 Å². The van der Waals surface area contributed by atoms with Gasteiger partial charge in [-0.3, -0.25) is 0 Å². The van der Waals surface area contributed by atoms with Crippen molar-refractivity contribution < 1.29 is 9.13 Å². The molecule has 19 heavy (non-hydrogen) atoms. The van der Waals surface area contributed by atoms with Crippen LogP contribution in [0.25, 0.3) is 0 Å². The SMILES string of the molecule is COc1ccc(C2Cc3cc(Cl)ccc3N2)cc1F. The summed E-state index contributed by atoms with van der Waals surface area (Å²) in [4.78, 5) is 0. The first-order chi connectivity index (χ1) is 9.17. The van der Waals surface area contributed by atoms with Crippen LogP contribution in [0.4, 0.5) is 10.1 Å². The molecule has 0 saturated carbocycles. The average Bonchev–Trinajstić information content (AvgIpc) is 2.81. The van der Waals surface area contributed by atoms with Gasteiger partial charge in [-0.05, 0) is 47.9 Å². The van der Waals surface area contributed by atoms with Gasteiger partial charge in [0.25, 0.3) is 0 Å². The van der Waals surface area contributed by atoms with E-state index >= 15 is 0 Å². The highest BCUT2D eigenvalue weighted by molar-refractivity contribution is 6.30. The highest BCUT2D eigenvalue weighted by Crippen LogP contribution is 2.36. The molecule has 0 radical (unpaired) electrons. The zero-order valence-corrected chi connectivity index (χ0v) is 11.2. The maximum absolute atomic E-state index is 13.7. The van der Waals surface area contributed by atoms with Gasteiger partial charge >= 0.3 is 0 Å². The van der Waals surface area contributed by atoms with Crippen LogP contribution in [0.5, 0.6) is 5.75 Å². The zero-order chi connectivity index (χ0) is 13.4. The fraction of sp³-hybridized carbons (Fsp3) is 0.200. The predicted octanol–water partition coefficient (Wildman–Crippen LogP) is 4.20. The number of nitrogens with one attached hydrogen (secondary N) is 1. The van der Waals surface area contributed by atoms with Crippen molar-refractivity contribution in [3.8, 4) is 5.75 Å². The molecular formula is C15H13ClFNO. The minimum atomic E-state index is -0.337.